The third kappa shape index (κ3) is 4.38. The van der Waals surface area contributed by atoms with E-state index in [2.05, 4.69) is 5.32 Å². The van der Waals surface area contributed by atoms with Gasteiger partial charge in [-0.3, -0.25) is 19.3 Å². The van der Waals surface area contributed by atoms with Crippen LogP contribution in [0.2, 0.25) is 0 Å². The molecule has 2 aromatic rings. The third-order valence-corrected chi connectivity index (χ3v) is 5.71. The number of benzene rings is 1. The van der Waals surface area contributed by atoms with Gasteiger partial charge in [0.05, 0.1) is 29.5 Å². The number of hydrogen-bond donors (Lipinski definition) is 1. The highest BCUT2D eigenvalue weighted by molar-refractivity contribution is 6.21. The van der Waals surface area contributed by atoms with Crippen molar-refractivity contribution < 1.29 is 28.3 Å². The molecule has 1 saturated carbocycles. The molecule has 3 amide bonds. The normalized spacial score (nSPS) is 17.4. The van der Waals surface area contributed by atoms with Gasteiger partial charge < -0.3 is 14.5 Å². The number of hydrogen-bond acceptors (Lipinski definition) is 6. The van der Waals surface area contributed by atoms with Gasteiger partial charge in [0.2, 0.25) is 0 Å². The van der Waals surface area contributed by atoms with Crippen molar-refractivity contribution in [3.05, 3.63) is 59.0 Å². The van der Waals surface area contributed by atoms with Crippen molar-refractivity contribution in [2.45, 2.75) is 57.7 Å². The van der Waals surface area contributed by atoms with Gasteiger partial charge in [0.15, 0.2) is 6.10 Å². The van der Waals surface area contributed by atoms with Gasteiger partial charge in [0.25, 0.3) is 17.7 Å². The van der Waals surface area contributed by atoms with Gasteiger partial charge in [-0.05, 0) is 50.1 Å². The lowest BCUT2D eigenvalue weighted by molar-refractivity contribution is -0.130. The number of carbonyl (C=O) groups is 4. The fourth-order valence-electron chi connectivity index (χ4n) is 3.97. The van der Waals surface area contributed by atoms with Gasteiger partial charge in [-0.2, -0.15) is 0 Å². The van der Waals surface area contributed by atoms with Crippen LogP contribution in [0.3, 0.4) is 0 Å². The van der Waals surface area contributed by atoms with Crippen LogP contribution in [0, 0.1) is 0 Å². The molecule has 1 aliphatic heterocycles. The van der Waals surface area contributed by atoms with Gasteiger partial charge in [-0.25, -0.2) is 4.79 Å². The highest BCUT2D eigenvalue weighted by Crippen LogP contribution is 2.26. The summed E-state index contributed by atoms with van der Waals surface area (Å²) in [6.07, 6.45) is 5.71. The zero-order valence-corrected chi connectivity index (χ0v) is 17.3. The topological polar surface area (TPSA) is 106 Å². The van der Waals surface area contributed by atoms with E-state index in [-0.39, 0.29) is 35.2 Å². The van der Waals surface area contributed by atoms with E-state index in [0.29, 0.717) is 5.76 Å². The Bertz CT molecular complexity index is 1010. The van der Waals surface area contributed by atoms with Crippen molar-refractivity contribution in [3.8, 4) is 0 Å². The highest BCUT2D eigenvalue weighted by Gasteiger charge is 2.36. The van der Waals surface area contributed by atoms with E-state index in [9.17, 15) is 19.2 Å². The number of amides is 3. The minimum Gasteiger partial charge on any atom is -0.467 e. The molecule has 0 spiro atoms. The van der Waals surface area contributed by atoms with Crippen LogP contribution in [0.1, 0.15) is 75.9 Å². The van der Waals surface area contributed by atoms with Gasteiger partial charge in [0.1, 0.15) is 5.76 Å². The highest BCUT2D eigenvalue weighted by atomic mass is 16.5. The van der Waals surface area contributed by atoms with Gasteiger partial charge >= 0.3 is 5.97 Å². The molecule has 2 heterocycles. The van der Waals surface area contributed by atoms with Crippen molar-refractivity contribution in [2.75, 3.05) is 0 Å². The quantitative estimate of drug-likeness (QED) is 0.564. The van der Waals surface area contributed by atoms with Crippen LogP contribution < -0.4 is 5.32 Å². The van der Waals surface area contributed by atoms with E-state index in [1.807, 2.05) is 0 Å². The lowest BCUT2D eigenvalue weighted by atomic mass is 9.95. The zero-order valence-electron chi connectivity index (χ0n) is 17.3. The minimum absolute atomic E-state index is 0.0114. The molecule has 1 N–H and O–H groups in total. The molecule has 0 bridgehead atoms. The fourth-order valence-corrected chi connectivity index (χ4v) is 3.97. The van der Waals surface area contributed by atoms with Crippen molar-refractivity contribution >= 4 is 23.7 Å². The first kappa shape index (κ1) is 20.8. The van der Waals surface area contributed by atoms with E-state index >= 15 is 0 Å². The van der Waals surface area contributed by atoms with Crippen molar-refractivity contribution in [3.63, 3.8) is 0 Å². The molecule has 4 rings (SSSR count). The average molecular weight is 424 g/mol. The van der Waals surface area contributed by atoms with E-state index in [4.69, 9.17) is 9.15 Å². The molecule has 1 atom stereocenters. The fraction of sp³-hybridized carbons (Fsp3) is 0.391. The number of carbonyl (C=O) groups excluding carboxylic acids is 4. The first-order valence-electron chi connectivity index (χ1n) is 10.5. The lowest BCUT2D eigenvalue weighted by Crippen LogP contribution is -2.42. The van der Waals surface area contributed by atoms with E-state index in [0.717, 1.165) is 30.6 Å². The molecule has 31 heavy (non-hydrogen) atoms. The summed E-state index contributed by atoms with van der Waals surface area (Å²) in [4.78, 5) is 51.2. The Labute approximate surface area is 179 Å². The van der Waals surface area contributed by atoms with Crippen LogP contribution in [0.25, 0.3) is 0 Å². The van der Waals surface area contributed by atoms with E-state index < -0.39 is 23.9 Å². The molecule has 8 nitrogen and oxygen atoms in total. The standard InChI is InChI=1S/C23H24N2O6/c1-14(20(26)24-16-6-3-2-4-7-16)31-23(29)15-9-10-18-19(12-15)22(28)25(21(18)27)13-17-8-5-11-30-17/h5,8-12,14,16H,2-4,6-7,13H2,1H3,(H,24,26)/t14-/m1/s1. The molecule has 1 aliphatic carbocycles. The average Bonchev–Trinajstić information content (AvgIpc) is 3.37. The number of ether oxygens (including phenoxy) is 1. The van der Waals surface area contributed by atoms with Crippen LogP contribution in [-0.2, 0) is 16.1 Å². The second kappa shape index (κ2) is 8.75. The predicted octanol–water partition coefficient (Wildman–Crippen LogP) is 3.07. The van der Waals surface area contributed by atoms with Crippen molar-refractivity contribution in [2.24, 2.45) is 0 Å². The van der Waals surface area contributed by atoms with Gasteiger partial charge in [-0.15, -0.1) is 0 Å². The second-order valence-electron chi connectivity index (χ2n) is 7.93. The monoisotopic (exact) mass is 424 g/mol. The molecule has 0 saturated heterocycles. The number of rotatable bonds is 6. The molecule has 1 fully saturated rings. The van der Waals surface area contributed by atoms with Gasteiger partial charge in [0, 0.05) is 6.04 Å². The molecule has 2 aliphatic rings. The van der Waals surface area contributed by atoms with Crippen molar-refractivity contribution in [1.82, 2.24) is 10.2 Å². The number of furan rings is 1. The lowest BCUT2D eigenvalue weighted by Gasteiger charge is -2.24. The second-order valence-corrected chi connectivity index (χ2v) is 7.93. The number of fused-ring (bicyclic) bond motifs is 1. The van der Waals surface area contributed by atoms with Crippen LogP contribution in [0.4, 0.5) is 0 Å². The summed E-state index contributed by atoms with van der Waals surface area (Å²) in [6.45, 7) is 1.53. The van der Waals surface area contributed by atoms with E-state index in [1.54, 1.807) is 12.1 Å². The number of nitrogens with one attached hydrogen (secondary N) is 1. The van der Waals surface area contributed by atoms with Crippen LogP contribution in [0.5, 0.6) is 0 Å². The molecule has 8 heteroatoms. The summed E-state index contributed by atoms with van der Waals surface area (Å²) in [5, 5.41) is 2.93. The maximum absolute atomic E-state index is 12.7. The Morgan fingerprint density at radius 2 is 1.87 bits per heavy atom. The summed E-state index contributed by atoms with van der Waals surface area (Å²) in [6, 6.07) is 7.66. The Balaban J connectivity index is 1.41. The molecular formula is C23H24N2O6. The molecule has 0 radical (unpaired) electrons. The summed E-state index contributed by atoms with van der Waals surface area (Å²) >= 11 is 0. The third-order valence-electron chi connectivity index (χ3n) is 5.71. The van der Waals surface area contributed by atoms with Crippen LogP contribution in [0.15, 0.2) is 41.0 Å². The van der Waals surface area contributed by atoms with Crippen molar-refractivity contribution in [1.29, 1.82) is 0 Å². The minimum atomic E-state index is -0.963. The molecule has 1 aromatic carbocycles. The number of imide groups is 1. The SMILES string of the molecule is C[C@@H](OC(=O)c1ccc2c(c1)C(=O)N(Cc1ccco1)C2=O)C(=O)NC1CCCCC1. The first-order valence-corrected chi connectivity index (χ1v) is 10.5. The first-order chi connectivity index (χ1) is 14.9. The summed E-state index contributed by atoms with van der Waals surface area (Å²) in [5.74, 6) is -1.53. The smallest absolute Gasteiger partial charge is 0.338 e. The Kier molecular flexibility index (Phi) is 5.88. The van der Waals surface area contributed by atoms with Crippen LogP contribution in [-0.4, -0.2) is 40.7 Å². The van der Waals surface area contributed by atoms with Gasteiger partial charge in [-0.1, -0.05) is 19.3 Å². The Morgan fingerprint density at radius 3 is 2.58 bits per heavy atom. The number of esters is 1. The Morgan fingerprint density at radius 1 is 1.13 bits per heavy atom. The maximum atomic E-state index is 12.7. The summed E-state index contributed by atoms with van der Waals surface area (Å²) in [7, 11) is 0. The van der Waals surface area contributed by atoms with Crippen LogP contribution >= 0.6 is 0 Å². The molecular weight excluding hydrogens is 400 g/mol. The number of nitrogens with zero attached hydrogens (tertiary/aromatic N) is 1. The molecule has 0 unspecified atom stereocenters. The largest absolute Gasteiger partial charge is 0.467 e. The zero-order chi connectivity index (χ0) is 22.0. The predicted molar refractivity (Wildman–Crippen MR) is 109 cm³/mol. The molecule has 1 aromatic heterocycles. The summed E-state index contributed by atoms with van der Waals surface area (Å²) in [5.41, 5.74) is 0.457. The maximum Gasteiger partial charge on any atom is 0.338 e. The summed E-state index contributed by atoms with van der Waals surface area (Å²) < 4.78 is 10.5. The molecule has 162 valence electrons. The van der Waals surface area contributed by atoms with E-state index in [1.165, 1.54) is 37.8 Å². The Hall–Kier alpha value is -3.42.